The number of likely N-dealkylation sites (tertiary alicyclic amines) is 1. The first-order chi connectivity index (χ1) is 19.4. The number of ketones is 1. The maximum absolute atomic E-state index is 14.4. The molecule has 0 radical (unpaired) electrons. The largest absolute Gasteiger partial charge is 0.363 e. The van der Waals surface area contributed by atoms with Crippen molar-refractivity contribution >= 4 is 40.5 Å². The second-order valence-electron chi connectivity index (χ2n) is 13.0. The fourth-order valence-corrected chi connectivity index (χ4v) is 7.70. The zero-order valence-corrected chi connectivity index (χ0v) is 25.2. The van der Waals surface area contributed by atoms with Crippen molar-refractivity contribution < 1.29 is 24.0 Å². The quantitative estimate of drug-likeness (QED) is 0.343. The second kappa shape index (κ2) is 11.4. The molecule has 1 aromatic rings. The summed E-state index contributed by atoms with van der Waals surface area (Å²) < 4.78 is 0. The van der Waals surface area contributed by atoms with E-state index < -0.39 is 35.7 Å². The van der Waals surface area contributed by atoms with Crippen LogP contribution in [0.15, 0.2) is 24.3 Å². The van der Waals surface area contributed by atoms with Gasteiger partial charge in [0, 0.05) is 11.8 Å². The molecule has 6 atom stereocenters. The van der Waals surface area contributed by atoms with Gasteiger partial charge in [0.2, 0.25) is 17.6 Å². The van der Waals surface area contributed by atoms with Gasteiger partial charge in [-0.1, -0.05) is 76.6 Å². The molecule has 2 saturated carbocycles. The predicted molar refractivity (Wildman–Crippen MR) is 157 cm³/mol. The van der Waals surface area contributed by atoms with Crippen LogP contribution in [0, 0.1) is 29.1 Å². The van der Waals surface area contributed by atoms with Crippen molar-refractivity contribution in [3.8, 4) is 0 Å². The van der Waals surface area contributed by atoms with Crippen LogP contribution in [-0.2, 0) is 32.0 Å². The molecular formula is C31H42N4O5S. The number of primary amides is 1. The van der Waals surface area contributed by atoms with E-state index in [1.807, 2.05) is 26.0 Å². The molecule has 4 N–H and O–H groups in total. The van der Waals surface area contributed by atoms with Crippen molar-refractivity contribution in [3.05, 3.63) is 35.4 Å². The SMILES string of the molecule is CCC(C)SC(=O)N[C@H](C(=O)N1CC2C([C@H]1C(=O)NC(CC1CC1)C(=O)C(N)=O)C2(C)C)C1Cc2ccccc2C1. The molecule has 1 saturated heterocycles. The molecule has 3 aliphatic carbocycles. The van der Waals surface area contributed by atoms with Crippen LogP contribution in [0.25, 0.3) is 0 Å². The highest BCUT2D eigenvalue weighted by molar-refractivity contribution is 8.14. The fourth-order valence-electron chi connectivity index (χ4n) is 6.98. The Balaban J connectivity index is 1.39. The summed E-state index contributed by atoms with van der Waals surface area (Å²) >= 11 is 1.19. The molecular weight excluding hydrogens is 540 g/mol. The number of Topliss-reactive ketones (excluding diaryl/α,β-unsaturated/α-hetero) is 1. The van der Waals surface area contributed by atoms with E-state index in [1.54, 1.807) is 4.90 Å². The minimum absolute atomic E-state index is 0.0664. The zero-order chi connectivity index (χ0) is 29.6. The summed E-state index contributed by atoms with van der Waals surface area (Å²) in [6.45, 7) is 8.60. The third-order valence-corrected chi connectivity index (χ3v) is 10.9. The maximum atomic E-state index is 14.4. The molecule has 4 aliphatic rings. The van der Waals surface area contributed by atoms with Gasteiger partial charge in [-0.2, -0.15) is 0 Å². The minimum Gasteiger partial charge on any atom is -0.363 e. The monoisotopic (exact) mass is 582 g/mol. The molecule has 1 heterocycles. The minimum atomic E-state index is -1.07. The molecule has 222 valence electrons. The van der Waals surface area contributed by atoms with Gasteiger partial charge < -0.3 is 21.3 Å². The molecule has 9 nitrogen and oxygen atoms in total. The van der Waals surface area contributed by atoms with Gasteiger partial charge in [-0.15, -0.1) is 0 Å². The Labute approximate surface area is 246 Å². The first kappa shape index (κ1) is 29.6. The van der Waals surface area contributed by atoms with E-state index >= 15 is 0 Å². The topological polar surface area (TPSA) is 139 Å². The number of nitrogens with two attached hydrogens (primary N) is 1. The van der Waals surface area contributed by atoms with Crippen LogP contribution in [0.5, 0.6) is 0 Å². The zero-order valence-electron chi connectivity index (χ0n) is 24.4. The van der Waals surface area contributed by atoms with Crippen LogP contribution in [0.3, 0.4) is 0 Å². The molecule has 0 bridgehead atoms. The maximum Gasteiger partial charge on any atom is 0.287 e. The van der Waals surface area contributed by atoms with Crippen molar-refractivity contribution in [3.63, 3.8) is 0 Å². The Hall–Kier alpha value is -2.88. The lowest BCUT2D eigenvalue weighted by Gasteiger charge is -2.35. The average Bonchev–Trinajstić information content (AvgIpc) is 3.68. The highest BCUT2D eigenvalue weighted by atomic mass is 32.2. The molecule has 10 heteroatoms. The van der Waals surface area contributed by atoms with Crippen LogP contribution in [0.4, 0.5) is 4.79 Å². The number of rotatable bonds is 11. The van der Waals surface area contributed by atoms with Crippen LogP contribution < -0.4 is 16.4 Å². The Bertz CT molecular complexity index is 1220. The third-order valence-electron chi connectivity index (χ3n) is 9.88. The normalized spacial score (nSPS) is 26.3. The molecule has 0 aromatic heterocycles. The number of piperidine rings is 1. The molecule has 1 aliphatic heterocycles. The first-order valence-electron chi connectivity index (χ1n) is 14.9. The molecule has 5 rings (SSSR count). The van der Waals surface area contributed by atoms with E-state index in [2.05, 4.69) is 36.6 Å². The molecule has 3 fully saturated rings. The molecule has 41 heavy (non-hydrogen) atoms. The Morgan fingerprint density at radius 2 is 1.71 bits per heavy atom. The van der Waals surface area contributed by atoms with Gasteiger partial charge >= 0.3 is 0 Å². The van der Waals surface area contributed by atoms with Crippen LogP contribution in [0.2, 0.25) is 0 Å². The number of hydrogen-bond donors (Lipinski definition) is 3. The van der Waals surface area contributed by atoms with E-state index in [9.17, 15) is 24.0 Å². The van der Waals surface area contributed by atoms with E-state index in [0.717, 1.165) is 19.3 Å². The standard InChI is InChI=1S/C31H42N4O5S/c1-5-16(2)41-30(40)34-24(20-13-18-8-6-7-9-19(18)14-20)29(39)35-15-21-23(31(21,3)4)25(35)28(38)33-22(12-17-10-11-17)26(36)27(32)37/h6-9,16-17,20-25H,5,10-15H2,1-4H3,(H2,32,37)(H,33,38)(H,34,40)/t16?,21?,22?,23?,24-,25-/m0/s1. The summed E-state index contributed by atoms with van der Waals surface area (Å²) in [7, 11) is 0. The second-order valence-corrected chi connectivity index (χ2v) is 14.5. The van der Waals surface area contributed by atoms with Gasteiger partial charge in [-0.05, 0) is 65.9 Å². The third kappa shape index (κ3) is 6.03. The lowest BCUT2D eigenvalue weighted by atomic mass is 9.93. The number of fused-ring (bicyclic) bond motifs is 2. The number of nitrogens with one attached hydrogen (secondary N) is 2. The number of carbonyl (C=O) groups excluding carboxylic acids is 5. The summed E-state index contributed by atoms with van der Waals surface area (Å²) in [6, 6.07) is 5.54. The molecule has 1 aromatic carbocycles. The summed E-state index contributed by atoms with van der Waals surface area (Å²) in [6.07, 6.45) is 4.43. The number of benzene rings is 1. The Kier molecular flexibility index (Phi) is 8.25. The van der Waals surface area contributed by atoms with Crippen LogP contribution in [0.1, 0.15) is 64.5 Å². The molecule has 4 amide bonds. The van der Waals surface area contributed by atoms with E-state index in [1.165, 1.54) is 22.9 Å². The van der Waals surface area contributed by atoms with E-state index in [-0.39, 0.29) is 45.5 Å². The van der Waals surface area contributed by atoms with Crippen molar-refractivity contribution in [1.29, 1.82) is 0 Å². The van der Waals surface area contributed by atoms with Crippen molar-refractivity contribution in [2.24, 2.45) is 34.8 Å². The van der Waals surface area contributed by atoms with E-state index in [0.29, 0.717) is 25.8 Å². The Morgan fingerprint density at radius 1 is 1.07 bits per heavy atom. The average molecular weight is 583 g/mol. The van der Waals surface area contributed by atoms with Gasteiger partial charge in [0.25, 0.3) is 11.1 Å². The van der Waals surface area contributed by atoms with Gasteiger partial charge in [0.1, 0.15) is 12.1 Å². The summed E-state index contributed by atoms with van der Waals surface area (Å²) in [5.41, 5.74) is 7.52. The first-order valence-corrected chi connectivity index (χ1v) is 15.8. The highest BCUT2D eigenvalue weighted by Crippen LogP contribution is 2.65. The Morgan fingerprint density at radius 3 is 2.27 bits per heavy atom. The number of amides is 4. The van der Waals surface area contributed by atoms with Gasteiger partial charge in [-0.25, -0.2) is 0 Å². The van der Waals surface area contributed by atoms with Crippen LogP contribution >= 0.6 is 11.8 Å². The van der Waals surface area contributed by atoms with Gasteiger partial charge in [0.15, 0.2) is 0 Å². The fraction of sp³-hybridized carbons (Fsp3) is 0.645. The van der Waals surface area contributed by atoms with Gasteiger partial charge in [-0.3, -0.25) is 24.0 Å². The lowest BCUT2D eigenvalue weighted by Crippen LogP contribution is -2.59. The van der Waals surface area contributed by atoms with Crippen LogP contribution in [-0.4, -0.2) is 63.6 Å². The van der Waals surface area contributed by atoms with E-state index in [4.69, 9.17) is 5.73 Å². The smallest absolute Gasteiger partial charge is 0.287 e. The number of thioether (sulfide) groups is 1. The van der Waals surface area contributed by atoms with Gasteiger partial charge in [0.05, 0.1) is 6.04 Å². The summed E-state index contributed by atoms with van der Waals surface area (Å²) in [5, 5.41) is 5.72. The predicted octanol–water partition coefficient (Wildman–Crippen LogP) is 2.83. The lowest BCUT2D eigenvalue weighted by molar-refractivity contribution is -0.144. The molecule has 0 spiro atoms. The van der Waals surface area contributed by atoms with Crippen molar-refractivity contribution in [2.45, 2.75) is 89.6 Å². The summed E-state index contributed by atoms with van der Waals surface area (Å²) in [4.78, 5) is 67.3. The number of hydrogen-bond acceptors (Lipinski definition) is 6. The highest BCUT2D eigenvalue weighted by Gasteiger charge is 2.69. The molecule has 4 unspecified atom stereocenters. The summed E-state index contributed by atoms with van der Waals surface area (Å²) in [5.74, 6) is -2.33. The number of carbonyl (C=O) groups is 5. The number of nitrogens with zero attached hydrogens (tertiary/aromatic N) is 1. The van der Waals surface area contributed by atoms with Crippen molar-refractivity contribution in [2.75, 3.05) is 6.54 Å². The van der Waals surface area contributed by atoms with Crippen molar-refractivity contribution in [1.82, 2.24) is 15.5 Å².